The molecule has 0 atom stereocenters. The summed E-state index contributed by atoms with van der Waals surface area (Å²) in [6, 6.07) is 86.2. The number of para-hydroxylation sites is 1. The Balaban J connectivity index is 1.05. The summed E-state index contributed by atoms with van der Waals surface area (Å²) < 4.78 is 0. The molecule has 0 aliphatic carbocycles. The maximum Gasteiger partial charge on any atom is 0.0540 e. The summed E-state index contributed by atoms with van der Waals surface area (Å²) in [6.45, 7) is 0. The van der Waals surface area contributed by atoms with Crippen LogP contribution in [0.15, 0.2) is 237 Å². The van der Waals surface area contributed by atoms with E-state index in [0.717, 1.165) is 22.6 Å². The first-order valence-corrected chi connectivity index (χ1v) is 20.3. The molecule has 59 heavy (non-hydrogen) atoms. The Morgan fingerprint density at radius 1 is 0.220 bits per heavy atom. The van der Waals surface area contributed by atoms with Gasteiger partial charge in [0.1, 0.15) is 0 Å². The van der Waals surface area contributed by atoms with Gasteiger partial charge in [-0.3, -0.25) is 0 Å². The molecule has 11 aromatic rings. The number of hydrogen-bond donors (Lipinski definition) is 0. The molecule has 0 heterocycles. The lowest BCUT2D eigenvalue weighted by molar-refractivity contribution is 1.28. The zero-order chi connectivity index (χ0) is 39.1. The minimum atomic E-state index is 1.09. The SMILES string of the molecule is c1ccc(-c2cccc(N(c3ccc(-c4ccc5c6ccccc6c6ccccc6c5c4)cc3)c3ccccc3-c3cccc(-c4cccc5ccccc45)c3)c2)cc1. The van der Waals surface area contributed by atoms with Gasteiger partial charge >= 0.3 is 0 Å². The summed E-state index contributed by atoms with van der Waals surface area (Å²) in [5.41, 5.74) is 12.8. The van der Waals surface area contributed by atoms with E-state index in [1.165, 1.54) is 82.0 Å². The lowest BCUT2D eigenvalue weighted by Crippen LogP contribution is -2.11. The molecule has 0 aromatic heterocycles. The Bertz CT molecular complexity index is 3280. The van der Waals surface area contributed by atoms with E-state index < -0.39 is 0 Å². The molecule has 11 rings (SSSR count). The van der Waals surface area contributed by atoms with Crippen LogP contribution < -0.4 is 4.90 Å². The van der Waals surface area contributed by atoms with Crippen LogP contribution in [0.1, 0.15) is 0 Å². The van der Waals surface area contributed by atoms with Crippen LogP contribution in [-0.2, 0) is 0 Å². The summed E-state index contributed by atoms with van der Waals surface area (Å²) in [6.07, 6.45) is 0. The third-order valence-corrected chi connectivity index (χ3v) is 11.8. The zero-order valence-corrected chi connectivity index (χ0v) is 32.5. The fourth-order valence-corrected chi connectivity index (χ4v) is 9.02. The third-order valence-electron chi connectivity index (χ3n) is 11.8. The highest BCUT2D eigenvalue weighted by Gasteiger charge is 2.19. The summed E-state index contributed by atoms with van der Waals surface area (Å²) in [5.74, 6) is 0. The molecule has 1 nitrogen and oxygen atoms in total. The molecule has 0 radical (unpaired) electrons. The normalized spacial score (nSPS) is 11.4. The van der Waals surface area contributed by atoms with Crippen LogP contribution in [0.4, 0.5) is 17.1 Å². The van der Waals surface area contributed by atoms with Gasteiger partial charge in [0, 0.05) is 16.9 Å². The van der Waals surface area contributed by atoms with Gasteiger partial charge in [0.15, 0.2) is 0 Å². The van der Waals surface area contributed by atoms with E-state index in [2.05, 4.69) is 241 Å². The molecule has 0 saturated carbocycles. The molecule has 276 valence electrons. The quantitative estimate of drug-likeness (QED) is 0.147. The molecule has 0 saturated heterocycles. The first-order chi connectivity index (χ1) is 29.3. The predicted molar refractivity (Wildman–Crippen MR) is 253 cm³/mol. The highest BCUT2D eigenvalue weighted by atomic mass is 15.1. The van der Waals surface area contributed by atoms with E-state index in [9.17, 15) is 0 Å². The van der Waals surface area contributed by atoms with Gasteiger partial charge in [-0.2, -0.15) is 0 Å². The molecule has 0 bridgehead atoms. The van der Waals surface area contributed by atoms with Gasteiger partial charge in [0.2, 0.25) is 0 Å². The van der Waals surface area contributed by atoms with Gasteiger partial charge in [0.25, 0.3) is 0 Å². The van der Waals surface area contributed by atoms with Gasteiger partial charge in [-0.25, -0.2) is 0 Å². The molecule has 1 heteroatoms. The number of rotatable bonds is 7. The summed E-state index contributed by atoms with van der Waals surface area (Å²) in [7, 11) is 0. The van der Waals surface area contributed by atoms with Crippen molar-refractivity contribution in [2.75, 3.05) is 4.90 Å². The minimum absolute atomic E-state index is 1.09. The Labute approximate surface area is 344 Å². The first-order valence-electron chi connectivity index (χ1n) is 20.3. The molecular weight excluding hydrogens is 711 g/mol. The highest BCUT2D eigenvalue weighted by Crippen LogP contribution is 2.44. The van der Waals surface area contributed by atoms with Gasteiger partial charge in [-0.05, 0) is 124 Å². The Kier molecular flexibility index (Phi) is 8.56. The molecule has 0 N–H and O–H groups in total. The highest BCUT2D eigenvalue weighted by molar-refractivity contribution is 6.25. The maximum atomic E-state index is 2.41. The van der Waals surface area contributed by atoms with E-state index in [1.54, 1.807) is 0 Å². The second-order valence-electron chi connectivity index (χ2n) is 15.3. The van der Waals surface area contributed by atoms with Crippen molar-refractivity contribution in [1.29, 1.82) is 0 Å². The monoisotopic (exact) mass is 749 g/mol. The first kappa shape index (κ1) is 34.5. The van der Waals surface area contributed by atoms with Crippen LogP contribution in [-0.4, -0.2) is 0 Å². The average molecular weight is 750 g/mol. The number of nitrogens with zero attached hydrogens (tertiary/aromatic N) is 1. The zero-order valence-electron chi connectivity index (χ0n) is 32.5. The fourth-order valence-electron chi connectivity index (χ4n) is 9.02. The molecule has 11 aromatic carbocycles. The summed E-state index contributed by atoms with van der Waals surface area (Å²) >= 11 is 0. The summed E-state index contributed by atoms with van der Waals surface area (Å²) in [4.78, 5) is 2.41. The number of anilines is 3. The van der Waals surface area contributed by atoms with Crippen LogP contribution >= 0.6 is 0 Å². The van der Waals surface area contributed by atoms with Crippen molar-refractivity contribution in [1.82, 2.24) is 0 Å². The van der Waals surface area contributed by atoms with Crippen LogP contribution in [0, 0.1) is 0 Å². The van der Waals surface area contributed by atoms with Gasteiger partial charge in [0.05, 0.1) is 5.69 Å². The van der Waals surface area contributed by atoms with Crippen molar-refractivity contribution < 1.29 is 0 Å². The number of fused-ring (bicyclic) bond motifs is 7. The van der Waals surface area contributed by atoms with Crippen LogP contribution in [0.3, 0.4) is 0 Å². The largest absolute Gasteiger partial charge is 0.310 e. The van der Waals surface area contributed by atoms with E-state index in [1.807, 2.05) is 0 Å². The fraction of sp³-hybridized carbons (Fsp3) is 0. The van der Waals surface area contributed by atoms with E-state index in [4.69, 9.17) is 0 Å². The Hall–Kier alpha value is -7.74. The lowest BCUT2D eigenvalue weighted by atomic mass is 9.92. The van der Waals surface area contributed by atoms with E-state index in [0.29, 0.717) is 0 Å². The molecule has 0 aliphatic rings. The molecule has 0 fully saturated rings. The van der Waals surface area contributed by atoms with E-state index >= 15 is 0 Å². The van der Waals surface area contributed by atoms with Crippen molar-refractivity contribution in [3.63, 3.8) is 0 Å². The van der Waals surface area contributed by atoms with Gasteiger partial charge in [-0.1, -0.05) is 194 Å². The smallest absolute Gasteiger partial charge is 0.0540 e. The van der Waals surface area contributed by atoms with Crippen LogP contribution in [0.25, 0.3) is 87.6 Å². The third kappa shape index (κ3) is 6.21. The molecule has 0 amide bonds. The average Bonchev–Trinajstić information content (AvgIpc) is 3.32. The Morgan fingerprint density at radius 2 is 0.695 bits per heavy atom. The summed E-state index contributed by atoms with van der Waals surface area (Å²) in [5, 5.41) is 10.2. The van der Waals surface area contributed by atoms with E-state index in [-0.39, 0.29) is 0 Å². The Morgan fingerprint density at radius 3 is 1.46 bits per heavy atom. The maximum absolute atomic E-state index is 2.41. The second kappa shape index (κ2) is 14.6. The second-order valence-corrected chi connectivity index (χ2v) is 15.3. The van der Waals surface area contributed by atoms with Gasteiger partial charge < -0.3 is 4.90 Å². The minimum Gasteiger partial charge on any atom is -0.310 e. The standard InChI is InChI=1S/C58H39N/c1-2-15-40(16-3-1)43-19-13-22-48(38-43)59(58-30-11-10-24-51(58)46-21-12-20-45(37-46)50-29-14-18-42-17-4-5-23-49(42)50)47-34-31-41(32-35-47)44-33-36-56-54-27-7-6-25-52(54)53-26-8-9-28-55(53)57(56)39-44/h1-39H. The lowest BCUT2D eigenvalue weighted by Gasteiger charge is -2.28. The van der Waals surface area contributed by atoms with Gasteiger partial charge in [-0.15, -0.1) is 0 Å². The van der Waals surface area contributed by atoms with Crippen molar-refractivity contribution in [3.05, 3.63) is 237 Å². The molecule has 0 aliphatic heterocycles. The molecule has 0 unspecified atom stereocenters. The molecular formula is C58H39N. The van der Waals surface area contributed by atoms with Crippen molar-refractivity contribution in [2.24, 2.45) is 0 Å². The van der Waals surface area contributed by atoms with Crippen molar-refractivity contribution >= 4 is 60.2 Å². The predicted octanol–water partition coefficient (Wildman–Crippen LogP) is 16.4. The van der Waals surface area contributed by atoms with Crippen molar-refractivity contribution in [2.45, 2.75) is 0 Å². The van der Waals surface area contributed by atoms with Crippen molar-refractivity contribution in [3.8, 4) is 44.5 Å². The van der Waals surface area contributed by atoms with Crippen LogP contribution in [0.2, 0.25) is 0 Å². The number of hydrogen-bond acceptors (Lipinski definition) is 1. The van der Waals surface area contributed by atoms with Crippen LogP contribution in [0.5, 0.6) is 0 Å². The topological polar surface area (TPSA) is 3.24 Å². The molecule has 0 spiro atoms. The number of benzene rings is 11.